The van der Waals surface area contributed by atoms with Crippen LogP contribution in [0.3, 0.4) is 0 Å². The maximum absolute atomic E-state index is 12.9. The molecule has 0 aliphatic rings. The van der Waals surface area contributed by atoms with Gasteiger partial charge in [0.05, 0.1) is 24.5 Å². The molecule has 4 nitrogen and oxygen atoms in total. The molecule has 0 aliphatic heterocycles. The smallest absolute Gasteiger partial charge is 0.255 e. The van der Waals surface area contributed by atoms with Crippen LogP contribution in [0.25, 0.3) is 10.8 Å². The number of nitrogens with zero attached hydrogens (tertiary/aromatic N) is 2. The zero-order valence-corrected chi connectivity index (χ0v) is 16.1. The lowest BCUT2D eigenvalue weighted by Gasteiger charge is -2.19. The lowest BCUT2D eigenvalue weighted by Crippen LogP contribution is -2.26. The first kappa shape index (κ1) is 18.8. The van der Waals surface area contributed by atoms with E-state index in [2.05, 4.69) is 12.1 Å². The Kier molecular flexibility index (Phi) is 6.00. The monoisotopic (exact) mass is 376 g/mol. The molecule has 0 heterocycles. The first-order valence-electron chi connectivity index (χ1n) is 8.53. The molecule has 0 N–H and O–H groups in total. The molecule has 0 saturated carbocycles. The summed E-state index contributed by atoms with van der Waals surface area (Å²) in [6.07, 6.45) is 0. The van der Waals surface area contributed by atoms with E-state index in [1.807, 2.05) is 54.6 Å². The third kappa shape index (κ3) is 4.42. The Labute approximate surface area is 163 Å². The molecular weight excluding hydrogens is 356 g/mol. The SMILES string of the molecule is COc1ccc2cc(CN(C)C(=O)c3ccccc3SCC#N)ccc2c1. The molecule has 5 heteroatoms. The fourth-order valence-corrected chi connectivity index (χ4v) is 3.63. The first-order valence-corrected chi connectivity index (χ1v) is 9.52. The second kappa shape index (κ2) is 8.61. The third-order valence-electron chi connectivity index (χ3n) is 4.29. The summed E-state index contributed by atoms with van der Waals surface area (Å²) >= 11 is 1.38. The lowest BCUT2D eigenvalue weighted by molar-refractivity contribution is 0.0781. The largest absolute Gasteiger partial charge is 0.497 e. The van der Waals surface area contributed by atoms with E-state index in [-0.39, 0.29) is 5.91 Å². The molecule has 1 amide bonds. The van der Waals surface area contributed by atoms with Crippen molar-refractivity contribution in [1.82, 2.24) is 4.90 Å². The van der Waals surface area contributed by atoms with E-state index in [1.165, 1.54) is 11.8 Å². The van der Waals surface area contributed by atoms with Crippen LogP contribution in [0.15, 0.2) is 65.6 Å². The fourth-order valence-electron chi connectivity index (χ4n) is 2.93. The molecular formula is C22H20N2O2S. The van der Waals surface area contributed by atoms with Gasteiger partial charge in [-0.1, -0.05) is 30.3 Å². The van der Waals surface area contributed by atoms with Crippen molar-refractivity contribution in [3.05, 3.63) is 71.8 Å². The van der Waals surface area contributed by atoms with Crippen LogP contribution in [0, 0.1) is 11.3 Å². The van der Waals surface area contributed by atoms with Crippen molar-refractivity contribution in [2.45, 2.75) is 11.4 Å². The van der Waals surface area contributed by atoms with Gasteiger partial charge in [-0.15, -0.1) is 11.8 Å². The number of fused-ring (bicyclic) bond motifs is 1. The third-order valence-corrected chi connectivity index (χ3v) is 5.23. The van der Waals surface area contributed by atoms with E-state index < -0.39 is 0 Å². The van der Waals surface area contributed by atoms with Crippen LogP contribution >= 0.6 is 11.8 Å². The molecule has 0 bridgehead atoms. The van der Waals surface area contributed by atoms with Gasteiger partial charge in [-0.2, -0.15) is 5.26 Å². The summed E-state index contributed by atoms with van der Waals surface area (Å²) in [7, 11) is 3.45. The molecule has 0 aliphatic carbocycles. The van der Waals surface area contributed by atoms with Gasteiger partial charge in [-0.3, -0.25) is 4.79 Å². The Hall–Kier alpha value is -2.97. The van der Waals surface area contributed by atoms with E-state index in [4.69, 9.17) is 10.00 Å². The Morgan fingerprint density at radius 1 is 1.11 bits per heavy atom. The molecule has 0 spiro atoms. The highest BCUT2D eigenvalue weighted by atomic mass is 32.2. The summed E-state index contributed by atoms with van der Waals surface area (Å²) in [6, 6.07) is 21.6. The van der Waals surface area contributed by atoms with Crippen LogP contribution in [-0.4, -0.2) is 30.7 Å². The van der Waals surface area contributed by atoms with Crippen molar-refractivity contribution in [2.75, 3.05) is 19.9 Å². The highest BCUT2D eigenvalue weighted by Gasteiger charge is 2.16. The molecule has 0 fully saturated rings. The van der Waals surface area contributed by atoms with Gasteiger partial charge < -0.3 is 9.64 Å². The average molecular weight is 376 g/mol. The van der Waals surface area contributed by atoms with Gasteiger partial charge in [-0.05, 0) is 46.7 Å². The number of carbonyl (C=O) groups is 1. The summed E-state index contributed by atoms with van der Waals surface area (Å²) in [5.74, 6) is 1.10. The number of hydrogen-bond acceptors (Lipinski definition) is 4. The Morgan fingerprint density at radius 2 is 1.85 bits per heavy atom. The summed E-state index contributed by atoms with van der Waals surface area (Å²) in [6.45, 7) is 0.512. The van der Waals surface area contributed by atoms with Gasteiger partial charge in [0, 0.05) is 18.5 Å². The number of methoxy groups -OCH3 is 1. The minimum absolute atomic E-state index is 0.0501. The normalized spacial score (nSPS) is 10.4. The van der Waals surface area contributed by atoms with Crippen molar-refractivity contribution in [3.63, 3.8) is 0 Å². The molecule has 0 aromatic heterocycles. The number of amides is 1. The number of benzene rings is 3. The van der Waals surface area contributed by atoms with Gasteiger partial charge in [-0.25, -0.2) is 0 Å². The highest BCUT2D eigenvalue weighted by Crippen LogP contribution is 2.25. The molecule has 27 heavy (non-hydrogen) atoms. The van der Waals surface area contributed by atoms with Crippen LogP contribution in [0.4, 0.5) is 0 Å². The molecule has 3 rings (SSSR count). The van der Waals surface area contributed by atoms with Gasteiger partial charge in [0.15, 0.2) is 0 Å². The summed E-state index contributed by atoms with van der Waals surface area (Å²) in [4.78, 5) is 15.4. The fraction of sp³-hybridized carbons (Fsp3) is 0.182. The minimum Gasteiger partial charge on any atom is -0.497 e. The zero-order valence-electron chi connectivity index (χ0n) is 15.3. The maximum atomic E-state index is 12.9. The summed E-state index contributed by atoms with van der Waals surface area (Å²) < 4.78 is 5.26. The van der Waals surface area contributed by atoms with Crippen LogP contribution in [0.5, 0.6) is 5.75 Å². The number of nitriles is 1. The van der Waals surface area contributed by atoms with Crippen molar-refractivity contribution in [2.24, 2.45) is 0 Å². The van der Waals surface area contributed by atoms with Gasteiger partial charge >= 0.3 is 0 Å². The average Bonchev–Trinajstić information content (AvgIpc) is 2.71. The van der Waals surface area contributed by atoms with E-state index in [1.54, 1.807) is 19.1 Å². The Bertz CT molecular complexity index is 1010. The van der Waals surface area contributed by atoms with Crippen molar-refractivity contribution < 1.29 is 9.53 Å². The molecule has 0 radical (unpaired) electrons. The minimum atomic E-state index is -0.0501. The summed E-state index contributed by atoms with van der Waals surface area (Å²) in [5, 5.41) is 11.0. The maximum Gasteiger partial charge on any atom is 0.255 e. The predicted octanol–water partition coefficient (Wildman–Crippen LogP) is 4.74. The predicted molar refractivity (Wildman–Crippen MR) is 109 cm³/mol. The van der Waals surface area contributed by atoms with Crippen molar-refractivity contribution in [1.29, 1.82) is 5.26 Å². The van der Waals surface area contributed by atoms with Gasteiger partial charge in [0.2, 0.25) is 0 Å². The topological polar surface area (TPSA) is 53.3 Å². The number of ether oxygens (including phenoxy) is 1. The van der Waals surface area contributed by atoms with Crippen LogP contribution in [0.2, 0.25) is 0 Å². The van der Waals surface area contributed by atoms with Crippen molar-refractivity contribution >= 4 is 28.4 Å². The Balaban J connectivity index is 1.79. The molecule has 0 unspecified atom stereocenters. The number of rotatable bonds is 6. The second-order valence-corrected chi connectivity index (χ2v) is 7.17. The van der Waals surface area contributed by atoms with E-state index in [9.17, 15) is 4.79 Å². The number of carbonyl (C=O) groups excluding carboxylic acids is 1. The van der Waals surface area contributed by atoms with E-state index >= 15 is 0 Å². The molecule has 3 aromatic rings. The van der Waals surface area contributed by atoms with Crippen LogP contribution < -0.4 is 4.74 Å². The first-order chi connectivity index (χ1) is 13.1. The lowest BCUT2D eigenvalue weighted by atomic mass is 10.1. The van der Waals surface area contributed by atoms with E-state index in [0.717, 1.165) is 27.0 Å². The molecule has 0 saturated heterocycles. The van der Waals surface area contributed by atoms with E-state index in [0.29, 0.717) is 17.9 Å². The second-order valence-electron chi connectivity index (χ2n) is 6.15. The zero-order chi connectivity index (χ0) is 19.2. The van der Waals surface area contributed by atoms with Gasteiger partial charge in [0.25, 0.3) is 5.91 Å². The Morgan fingerprint density at radius 3 is 2.63 bits per heavy atom. The number of hydrogen-bond donors (Lipinski definition) is 0. The molecule has 136 valence electrons. The standard InChI is InChI=1S/C22H20N2O2S/c1-24(22(25)20-5-3-4-6-21(20)27-12-11-23)15-16-7-8-18-14-19(26-2)10-9-17(18)13-16/h3-10,13-14H,12,15H2,1-2H3. The van der Waals surface area contributed by atoms with Crippen LogP contribution in [-0.2, 0) is 6.54 Å². The van der Waals surface area contributed by atoms with Crippen LogP contribution in [0.1, 0.15) is 15.9 Å². The summed E-state index contributed by atoms with van der Waals surface area (Å²) in [5.41, 5.74) is 1.69. The van der Waals surface area contributed by atoms with Crippen molar-refractivity contribution in [3.8, 4) is 11.8 Å². The molecule has 0 atom stereocenters. The molecule has 3 aromatic carbocycles. The van der Waals surface area contributed by atoms with Gasteiger partial charge in [0.1, 0.15) is 5.75 Å². The number of thioether (sulfide) groups is 1. The highest BCUT2D eigenvalue weighted by molar-refractivity contribution is 7.99. The quantitative estimate of drug-likeness (QED) is 0.583.